The molecule has 2 amide bonds. The zero-order valence-electron chi connectivity index (χ0n) is 13.1. The molecule has 0 saturated carbocycles. The first-order valence-corrected chi connectivity index (χ1v) is 7.73. The third-order valence-corrected chi connectivity index (χ3v) is 3.85. The Bertz CT molecular complexity index is 716. The lowest BCUT2D eigenvalue weighted by Crippen LogP contribution is -2.38. The third-order valence-electron chi connectivity index (χ3n) is 2.78. The minimum Gasteiger partial charge on any atom is -0.339 e. The van der Waals surface area contributed by atoms with E-state index < -0.39 is 30.9 Å². The smallest absolute Gasteiger partial charge is 0.339 e. The highest BCUT2D eigenvalue weighted by molar-refractivity contribution is 7.15. The number of hydroxylamine groups is 2. The monoisotopic (exact) mass is 382 g/mol. The number of nitrogens with one attached hydrogen (secondary N) is 1. The largest absolute Gasteiger partial charge is 0.341 e. The Morgan fingerprint density at radius 3 is 2.76 bits per heavy atom. The topological polar surface area (TPSA) is 80.5 Å². The lowest BCUT2D eigenvalue weighted by molar-refractivity contribution is -0.153. The summed E-state index contributed by atoms with van der Waals surface area (Å²) in [6.07, 6.45) is -2.74. The van der Waals surface area contributed by atoms with Gasteiger partial charge in [-0.25, -0.2) is 13.6 Å². The van der Waals surface area contributed by atoms with E-state index in [1.807, 2.05) is 0 Å². The minimum absolute atomic E-state index is 0.0345. The molecule has 12 heteroatoms. The van der Waals surface area contributed by atoms with Gasteiger partial charge in [-0.3, -0.25) is 4.84 Å². The molecule has 0 radical (unpaired) electrons. The molecule has 7 nitrogen and oxygen atoms in total. The van der Waals surface area contributed by atoms with Crippen molar-refractivity contribution in [1.82, 2.24) is 20.5 Å². The molecule has 0 aromatic carbocycles. The van der Waals surface area contributed by atoms with Crippen LogP contribution in [0.4, 0.5) is 22.4 Å². The molecule has 1 N–H and O–H groups in total. The van der Waals surface area contributed by atoms with Crippen molar-refractivity contribution in [2.45, 2.75) is 25.8 Å². The summed E-state index contributed by atoms with van der Waals surface area (Å²) in [6.45, 7) is -0.428. The number of carbonyl (C=O) groups excluding carboxylic acids is 1. The summed E-state index contributed by atoms with van der Waals surface area (Å²) in [5, 5.41) is 6.48. The molecule has 2 aromatic rings. The Morgan fingerprint density at radius 2 is 2.20 bits per heavy atom. The zero-order chi connectivity index (χ0) is 18.6. The van der Waals surface area contributed by atoms with E-state index in [2.05, 4.69) is 20.0 Å². The number of aromatic nitrogens is 2. The van der Waals surface area contributed by atoms with Crippen LogP contribution in [0.5, 0.6) is 0 Å². The number of alkyl halides is 4. The van der Waals surface area contributed by atoms with Gasteiger partial charge in [0.2, 0.25) is 5.82 Å². The molecule has 2 aromatic heterocycles. The number of halogens is 4. The van der Waals surface area contributed by atoms with Crippen molar-refractivity contribution in [2.24, 2.45) is 0 Å². The van der Waals surface area contributed by atoms with Gasteiger partial charge in [0.05, 0.1) is 11.4 Å². The van der Waals surface area contributed by atoms with Gasteiger partial charge >= 0.3 is 12.0 Å². The SMILES string of the molecule is CNC(=O)N(Cc1ccc(-c2noc(C(C)(F)F)n2)s1)OCC(F)F. The maximum Gasteiger partial charge on any atom is 0.341 e. The molecular weight excluding hydrogens is 368 g/mol. The molecule has 0 spiro atoms. The zero-order valence-corrected chi connectivity index (χ0v) is 13.9. The van der Waals surface area contributed by atoms with Gasteiger partial charge in [0.15, 0.2) is 0 Å². The normalized spacial score (nSPS) is 11.8. The molecule has 0 bridgehead atoms. The van der Waals surface area contributed by atoms with E-state index in [0.717, 1.165) is 16.4 Å². The van der Waals surface area contributed by atoms with Gasteiger partial charge in [-0.1, -0.05) is 5.16 Å². The first-order chi connectivity index (χ1) is 11.7. The van der Waals surface area contributed by atoms with Gasteiger partial charge in [-0.05, 0) is 12.1 Å². The van der Waals surface area contributed by atoms with Crippen LogP contribution < -0.4 is 5.32 Å². The van der Waals surface area contributed by atoms with Crippen molar-refractivity contribution >= 4 is 17.4 Å². The molecule has 0 aliphatic heterocycles. The summed E-state index contributed by atoms with van der Waals surface area (Å²) in [4.78, 5) is 21.0. The van der Waals surface area contributed by atoms with Gasteiger partial charge in [0.25, 0.3) is 12.3 Å². The van der Waals surface area contributed by atoms with Crippen LogP contribution in [0.3, 0.4) is 0 Å². The first kappa shape index (κ1) is 19.1. The Balaban J connectivity index is 2.11. The highest BCUT2D eigenvalue weighted by Crippen LogP contribution is 2.30. The van der Waals surface area contributed by atoms with Crippen LogP contribution in [0.2, 0.25) is 0 Å². The number of urea groups is 1. The van der Waals surface area contributed by atoms with E-state index in [0.29, 0.717) is 16.7 Å². The van der Waals surface area contributed by atoms with E-state index in [-0.39, 0.29) is 12.4 Å². The second-order valence-corrected chi connectivity index (χ2v) is 6.02. The number of carbonyl (C=O) groups is 1. The van der Waals surface area contributed by atoms with Crippen molar-refractivity contribution in [1.29, 1.82) is 0 Å². The summed E-state index contributed by atoms with van der Waals surface area (Å²) in [7, 11) is 1.33. The first-order valence-electron chi connectivity index (χ1n) is 6.92. The van der Waals surface area contributed by atoms with Crippen molar-refractivity contribution in [3.05, 3.63) is 22.9 Å². The summed E-state index contributed by atoms with van der Waals surface area (Å²) in [5.41, 5.74) is 0. The van der Waals surface area contributed by atoms with Gasteiger partial charge in [0, 0.05) is 18.8 Å². The minimum atomic E-state index is -3.26. The fourth-order valence-electron chi connectivity index (χ4n) is 1.67. The number of thiophene rings is 1. The van der Waals surface area contributed by atoms with Crippen LogP contribution in [0.1, 0.15) is 17.7 Å². The molecule has 0 atom stereocenters. The lowest BCUT2D eigenvalue weighted by atomic mass is 10.4. The summed E-state index contributed by atoms with van der Waals surface area (Å²) in [6, 6.07) is 2.41. The van der Waals surface area contributed by atoms with E-state index in [1.165, 1.54) is 13.1 Å². The van der Waals surface area contributed by atoms with Crippen LogP contribution in [0, 0.1) is 0 Å². The third kappa shape index (κ3) is 5.13. The van der Waals surface area contributed by atoms with Gasteiger partial charge in [-0.2, -0.15) is 18.8 Å². The highest BCUT2D eigenvalue weighted by atomic mass is 32.1. The second kappa shape index (κ2) is 7.78. The predicted octanol–water partition coefficient (Wildman–Crippen LogP) is 3.25. The molecule has 0 saturated heterocycles. The average Bonchev–Trinajstić information content (AvgIpc) is 3.18. The van der Waals surface area contributed by atoms with Crippen LogP contribution >= 0.6 is 11.3 Å². The van der Waals surface area contributed by atoms with Gasteiger partial charge < -0.3 is 9.84 Å². The maximum atomic E-state index is 13.1. The Hall–Kier alpha value is -2.21. The van der Waals surface area contributed by atoms with E-state index in [1.54, 1.807) is 6.07 Å². The van der Waals surface area contributed by atoms with Crippen LogP contribution in [-0.2, 0) is 17.3 Å². The van der Waals surface area contributed by atoms with Crippen molar-refractivity contribution in [3.8, 4) is 10.7 Å². The lowest BCUT2D eigenvalue weighted by Gasteiger charge is -2.20. The fraction of sp³-hybridized carbons (Fsp3) is 0.462. The molecular formula is C13H14F4N4O3S. The number of nitrogens with zero attached hydrogens (tertiary/aromatic N) is 3. The molecule has 0 fully saturated rings. The Morgan fingerprint density at radius 1 is 1.48 bits per heavy atom. The maximum absolute atomic E-state index is 13.1. The molecule has 0 aliphatic rings. The number of hydrogen-bond donors (Lipinski definition) is 1. The van der Waals surface area contributed by atoms with E-state index >= 15 is 0 Å². The van der Waals surface area contributed by atoms with E-state index in [9.17, 15) is 22.4 Å². The second-order valence-electron chi connectivity index (χ2n) is 4.86. The molecule has 0 aliphatic carbocycles. The predicted molar refractivity (Wildman–Crippen MR) is 79.1 cm³/mol. The van der Waals surface area contributed by atoms with E-state index in [4.69, 9.17) is 4.84 Å². The highest BCUT2D eigenvalue weighted by Gasteiger charge is 2.32. The van der Waals surface area contributed by atoms with Gasteiger partial charge in [0.1, 0.15) is 6.61 Å². The molecule has 0 unspecified atom stereocenters. The average molecular weight is 382 g/mol. The standard InChI is InChI=1S/C13H14F4N4O3S/c1-13(16,17)11-19-10(20-24-11)8-4-3-7(25-8)5-21(12(22)18-2)23-6-9(14)15/h3-4,9H,5-6H2,1-2H3,(H,18,22). The van der Waals surface area contributed by atoms with Crippen molar-refractivity contribution in [2.75, 3.05) is 13.7 Å². The molecule has 2 rings (SSSR count). The molecule has 25 heavy (non-hydrogen) atoms. The Kier molecular flexibility index (Phi) is 5.95. The van der Waals surface area contributed by atoms with Crippen LogP contribution in [-0.4, -0.2) is 41.3 Å². The summed E-state index contributed by atoms with van der Waals surface area (Å²) >= 11 is 1.08. The summed E-state index contributed by atoms with van der Waals surface area (Å²) < 4.78 is 55.3. The summed E-state index contributed by atoms with van der Waals surface area (Å²) in [5.74, 6) is -4.11. The van der Waals surface area contributed by atoms with Crippen LogP contribution in [0.25, 0.3) is 10.7 Å². The molecule has 138 valence electrons. The fourth-order valence-corrected chi connectivity index (χ4v) is 2.58. The number of hydrogen-bond acceptors (Lipinski definition) is 6. The van der Waals surface area contributed by atoms with Gasteiger partial charge in [-0.15, -0.1) is 11.3 Å². The quantitative estimate of drug-likeness (QED) is 0.587. The van der Waals surface area contributed by atoms with Crippen molar-refractivity contribution in [3.63, 3.8) is 0 Å². The Labute approximate surface area is 143 Å². The number of amides is 2. The van der Waals surface area contributed by atoms with Crippen molar-refractivity contribution < 1.29 is 31.7 Å². The molecule has 2 heterocycles. The van der Waals surface area contributed by atoms with Crippen LogP contribution in [0.15, 0.2) is 16.7 Å². The number of rotatable bonds is 7.